The van der Waals surface area contributed by atoms with Crippen LogP contribution in [0, 0.1) is 0 Å². The van der Waals surface area contributed by atoms with Crippen LogP contribution in [-0.2, 0) is 14.2 Å². The molecule has 0 unspecified atom stereocenters. The van der Waals surface area contributed by atoms with Gasteiger partial charge in [0.2, 0.25) is 0 Å². The molecule has 22 heavy (non-hydrogen) atoms. The fraction of sp³-hybridized carbons (Fsp3) is 1.00. The highest BCUT2D eigenvalue weighted by atomic mass is 35.5. The third-order valence-corrected chi connectivity index (χ3v) is 4.26. The SMILES string of the molecule is C[C@@H]1O[C@@H](O[C@@H]2[C@@H](O)[C@H](O)[C@@H](CO)O[C@H]2Cl)[C@H](O)[C@H](O)[C@H]1O. The monoisotopic (exact) mass is 344 g/mol. The Labute approximate surface area is 131 Å². The van der Waals surface area contributed by atoms with Crippen LogP contribution in [0.2, 0.25) is 0 Å². The number of hydrogen-bond donors (Lipinski definition) is 6. The van der Waals surface area contributed by atoms with Gasteiger partial charge in [0.1, 0.15) is 42.7 Å². The fourth-order valence-corrected chi connectivity index (χ4v) is 2.81. The van der Waals surface area contributed by atoms with E-state index in [0.717, 1.165) is 0 Å². The Balaban J connectivity index is 2.06. The molecular weight excluding hydrogens is 324 g/mol. The van der Waals surface area contributed by atoms with Gasteiger partial charge in [-0.1, -0.05) is 11.6 Å². The van der Waals surface area contributed by atoms with Crippen molar-refractivity contribution in [1.82, 2.24) is 0 Å². The molecule has 9 nitrogen and oxygen atoms in total. The lowest BCUT2D eigenvalue weighted by molar-refractivity contribution is -0.330. The molecular formula is C12H21ClO9. The molecule has 2 heterocycles. The van der Waals surface area contributed by atoms with Crippen molar-refractivity contribution in [2.24, 2.45) is 0 Å². The van der Waals surface area contributed by atoms with Gasteiger partial charge in [-0.25, -0.2) is 0 Å². The van der Waals surface area contributed by atoms with Gasteiger partial charge in [-0.15, -0.1) is 0 Å². The summed E-state index contributed by atoms with van der Waals surface area (Å²) in [6.07, 6.45) is -11.9. The molecule has 2 fully saturated rings. The van der Waals surface area contributed by atoms with E-state index in [0.29, 0.717) is 0 Å². The maximum absolute atomic E-state index is 10.0. The highest BCUT2D eigenvalue weighted by Crippen LogP contribution is 2.30. The summed E-state index contributed by atoms with van der Waals surface area (Å²) in [5.41, 5.74) is -1.22. The molecule has 0 saturated carbocycles. The molecule has 0 aromatic heterocycles. The Hall–Kier alpha value is -0.0700. The molecule has 130 valence electrons. The maximum Gasteiger partial charge on any atom is 0.187 e. The highest BCUT2D eigenvalue weighted by Gasteiger charge is 2.49. The van der Waals surface area contributed by atoms with Crippen LogP contribution in [0.25, 0.3) is 0 Å². The Bertz CT molecular complexity index is 373. The number of alkyl halides is 1. The molecule has 0 aliphatic carbocycles. The van der Waals surface area contributed by atoms with Crippen molar-refractivity contribution in [2.75, 3.05) is 6.61 Å². The maximum atomic E-state index is 10.0. The van der Waals surface area contributed by atoms with E-state index < -0.39 is 67.3 Å². The van der Waals surface area contributed by atoms with E-state index in [1.54, 1.807) is 0 Å². The van der Waals surface area contributed by atoms with Gasteiger partial charge in [-0.2, -0.15) is 0 Å². The molecule has 2 aliphatic rings. The zero-order valence-corrected chi connectivity index (χ0v) is 12.5. The Morgan fingerprint density at radius 3 is 2.14 bits per heavy atom. The van der Waals surface area contributed by atoms with Crippen molar-refractivity contribution >= 4 is 11.6 Å². The van der Waals surface area contributed by atoms with Crippen LogP contribution in [-0.4, -0.2) is 97.9 Å². The average Bonchev–Trinajstić information content (AvgIpc) is 2.49. The predicted octanol–water partition coefficient (Wildman–Crippen LogP) is -3.12. The summed E-state index contributed by atoms with van der Waals surface area (Å²) >= 11 is 5.91. The Morgan fingerprint density at radius 2 is 1.55 bits per heavy atom. The molecule has 0 amide bonds. The first kappa shape index (κ1) is 18.3. The summed E-state index contributed by atoms with van der Waals surface area (Å²) in [6, 6.07) is 0. The second kappa shape index (κ2) is 7.22. The van der Waals surface area contributed by atoms with Gasteiger partial charge in [-0.3, -0.25) is 0 Å². The molecule has 2 aliphatic heterocycles. The van der Waals surface area contributed by atoms with Crippen LogP contribution in [0.1, 0.15) is 6.92 Å². The molecule has 0 radical (unpaired) electrons. The fourth-order valence-electron chi connectivity index (χ4n) is 2.47. The first-order chi connectivity index (χ1) is 10.3. The highest BCUT2D eigenvalue weighted by molar-refractivity contribution is 6.20. The van der Waals surface area contributed by atoms with Crippen molar-refractivity contribution in [3.63, 3.8) is 0 Å². The largest absolute Gasteiger partial charge is 0.394 e. The quantitative estimate of drug-likeness (QED) is 0.292. The molecule has 0 aromatic rings. The molecule has 2 saturated heterocycles. The summed E-state index contributed by atoms with van der Waals surface area (Å²) < 4.78 is 15.7. The molecule has 2 rings (SSSR count). The van der Waals surface area contributed by atoms with Crippen LogP contribution in [0.3, 0.4) is 0 Å². The number of aliphatic hydroxyl groups is 6. The first-order valence-corrected chi connectivity index (χ1v) is 7.33. The Morgan fingerprint density at radius 1 is 0.909 bits per heavy atom. The van der Waals surface area contributed by atoms with Crippen molar-refractivity contribution in [2.45, 2.75) is 67.6 Å². The van der Waals surface area contributed by atoms with E-state index in [2.05, 4.69) is 0 Å². The third-order valence-electron chi connectivity index (χ3n) is 3.91. The van der Waals surface area contributed by atoms with Crippen molar-refractivity contribution < 1.29 is 44.8 Å². The lowest BCUT2D eigenvalue weighted by Crippen LogP contribution is -2.62. The first-order valence-electron chi connectivity index (χ1n) is 6.89. The van der Waals surface area contributed by atoms with Gasteiger partial charge in [0.05, 0.1) is 12.7 Å². The second-order valence-corrected chi connectivity index (χ2v) is 5.90. The summed E-state index contributed by atoms with van der Waals surface area (Å²) in [5.74, 6) is 0. The summed E-state index contributed by atoms with van der Waals surface area (Å²) in [6.45, 7) is 0.928. The number of hydrogen-bond acceptors (Lipinski definition) is 9. The van der Waals surface area contributed by atoms with Crippen molar-refractivity contribution in [3.05, 3.63) is 0 Å². The lowest BCUT2D eigenvalue weighted by atomic mass is 9.98. The minimum Gasteiger partial charge on any atom is -0.394 e. The van der Waals surface area contributed by atoms with E-state index in [9.17, 15) is 25.5 Å². The van der Waals surface area contributed by atoms with Crippen LogP contribution < -0.4 is 0 Å². The topological polar surface area (TPSA) is 149 Å². The van der Waals surface area contributed by atoms with E-state index >= 15 is 0 Å². The predicted molar refractivity (Wildman–Crippen MR) is 70.8 cm³/mol. The second-order valence-electron chi connectivity index (χ2n) is 5.47. The van der Waals surface area contributed by atoms with Crippen LogP contribution >= 0.6 is 11.6 Å². The smallest absolute Gasteiger partial charge is 0.187 e. The molecule has 10 atom stereocenters. The number of rotatable bonds is 3. The zero-order valence-electron chi connectivity index (χ0n) is 11.8. The van der Waals surface area contributed by atoms with Gasteiger partial charge in [0.15, 0.2) is 11.9 Å². The zero-order chi connectivity index (χ0) is 16.6. The van der Waals surface area contributed by atoms with Gasteiger partial charge < -0.3 is 44.8 Å². The van der Waals surface area contributed by atoms with E-state index in [4.69, 9.17) is 30.9 Å². The van der Waals surface area contributed by atoms with Gasteiger partial charge in [-0.05, 0) is 6.92 Å². The van der Waals surface area contributed by atoms with Crippen molar-refractivity contribution in [1.29, 1.82) is 0 Å². The van der Waals surface area contributed by atoms with Crippen molar-refractivity contribution in [3.8, 4) is 0 Å². The molecule has 10 heteroatoms. The summed E-state index contributed by atoms with van der Waals surface area (Å²) in [7, 11) is 0. The van der Waals surface area contributed by atoms with E-state index in [1.165, 1.54) is 6.92 Å². The van der Waals surface area contributed by atoms with Gasteiger partial charge >= 0.3 is 0 Å². The van der Waals surface area contributed by atoms with E-state index in [1.807, 2.05) is 0 Å². The summed E-state index contributed by atoms with van der Waals surface area (Å²) in [4.78, 5) is 0. The minimum absolute atomic E-state index is 0.543. The molecule has 0 bridgehead atoms. The Kier molecular flexibility index (Phi) is 6.00. The number of ether oxygens (including phenoxy) is 3. The molecule has 0 spiro atoms. The van der Waals surface area contributed by atoms with Crippen LogP contribution in [0.15, 0.2) is 0 Å². The van der Waals surface area contributed by atoms with Gasteiger partial charge in [0.25, 0.3) is 0 Å². The number of aliphatic hydroxyl groups excluding tert-OH is 6. The average molecular weight is 345 g/mol. The molecule has 0 aromatic carbocycles. The number of halogens is 1. The standard InChI is InChI=1S/C12H21ClO9/c1-3-5(15)7(17)9(19)12(20-3)22-10-8(18)6(16)4(2-14)21-11(10)13/h3-12,14-19H,2H2,1H3/t3-,4+,5-,6+,7+,8-,9+,10+,11+,12-/m0/s1. The summed E-state index contributed by atoms with van der Waals surface area (Å²) in [5, 5.41) is 58.0. The normalized spacial score (nSPS) is 53.5. The van der Waals surface area contributed by atoms with Crippen LogP contribution in [0.4, 0.5) is 0 Å². The van der Waals surface area contributed by atoms with E-state index in [-0.39, 0.29) is 0 Å². The third kappa shape index (κ3) is 3.39. The van der Waals surface area contributed by atoms with Crippen LogP contribution in [0.5, 0.6) is 0 Å². The molecule has 6 N–H and O–H groups in total. The van der Waals surface area contributed by atoms with Gasteiger partial charge in [0, 0.05) is 0 Å². The lowest BCUT2D eigenvalue weighted by Gasteiger charge is -2.44. The minimum atomic E-state index is -1.57.